The van der Waals surface area contributed by atoms with Gasteiger partial charge in [-0.15, -0.1) is 6.58 Å². The molecule has 0 radical (unpaired) electrons. The SMILES string of the molecule is C=CCC1=C(C(C)(C)C)C(C)COC1. The van der Waals surface area contributed by atoms with Crippen molar-refractivity contribution in [2.45, 2.75) is 34.1 Å². The second kappa shape index (κ2) is 4.31. The van der Waals surface area contributed by atoms with E-state index in [1.807, 2.05) is 6.08 Å². The van der Waals surface area contributed by atoms with Crippen LogP contribution >= 0.6 is 0 Å². The van der Waals surface area contributed by atoms with Gasteiger partial charge in [-0.25, -0.2) is 0 Å². The van der Waals surface area contributed by atoms with E-state index in [0.717, 1.165) is 19.6 Å². The van der Waals surface area contributed by atoms with Crippen molar-refractivity contribution in [1.29, 1.82) is 0 Å². The van der Waals surface area contributed by atoms with Crippen molar-refractivity contribution in [3.05, 3.63) is 23.8 Å². The number of hydrogen-bond acceptors (Lipinski definition) is 1. The summed E-state index contributed by atoms with van der Waals surface area (Å²) in [5.74, 6) is 0.554. The summed E-state index contributed by atoms with van der Waals surface area (Å²) in [6, 6.07) is 0. The third-order valence-electron chi connectivity index (χ3n) is 2.72. The molecule has 1 heterocycles. The highest BCUT2D eigenvalue weighted by Gasteiger charge is 2.28. The molecule has 0 saturated heterocycles. The molecule has 0 aromatic heterocycles. The monoisotopic (exact) mass is 194 g/mol. The predicted molar refractivity (Wildman–Crippen MR) is 61.3 cm³/mol. The Morgan fingerprint density at radius 1 is 1.50 bits per heavy atom. The Kier molecular flexibility index (Phi) is 3.54. The highest BCUT2D eigenvalue weighted by Crippen LogP contribution is 2.37. The molecule has 1 nitrogen and oxygen atoms in total. The van der Waals surface area contributed by atoms with E-state index in [4.69, 9.17) is 4.74 Å². The van der Waals surface area contributed by atoms with Crippen molar-refractivity contribution in [3.63, 3.8) is 0 Å². The molecule has 0 aliphatic carbocycles. The summed E-state index contributed by atoms with van der Waals surface area (Å²) >= 11 is 0. The number of allylic oxidation sites excluding steroid dienone is 1. The second-order valence-electron chi connectivity index (χ2n) is 5.18. The van der Waals surface area contributed by atoms with Gasteiger partial charge in [0.1, 0.15) is 0 Å². The zero-order valence-electron chi connectivity index (χ0n) is 9.89. The topological polar surface area (TPSA) is 9.23 Å². The summed E-state index contributed by atoms with van der Waals surface area (Å²) in [5.41, 5.74) is 3.27. The van der Waals surface area contributed by atoms with E-state index < -0.39 is 0 Å². The van der Waals surface area contributed by atoms with Crippen LogP contribution in [0.3, 0.4) is 0 Å². The second-order valence-corrected chi connectivity index (χ2v) is 5.18. The minimum atomic E-state index is 0.265. The minimum Gasteiger partial charge on any atom is -0.376 e. The van der Waals surface area contributed by atoms with Crippen LogP contribution in [0.4, 0.5) is 0 Å². The van der Waals surface area contributed by atoms with E-state index in [1.165, 1.54) is 5.57 Å². The van der Waals surface area contributed by atoms with Gasteiger partial charge in [-0.3, -0.25) is 0 Å². The van der Waals surface area contributed by atoms with Crippen LogP contribution in [0.2, 0.25) is 0 Å². The van der Waals surface area contributed by atoms with E-state index >= 15 is 0 Å². The zero-order chi connectivity index (χ0) is 10.8. The molecule has 0 bridgehead atoms. The van der Waals surface area contributed by atoms with Crippen molar-refractivity contribution in [2.75, 3.05) is 13.2 Å². The summed E-state index contributed by atoms with van der Waals surface area (Å²) in [4.78, 5) is 0. The summed E-state index contributed by atoms with van der Waals surface area (Å²) in [6.07, 6.45) is 2.94. The maximum absolute atomic E-state index is 5.57. The van der Waals surface area contributed by atoms with Crippen LogP contribution in [0.1, 0.15) is 34.1 Å². The molecule has 1 rings (SSSR count). The molecule has 14 heavy (non-hydrogen) atoms. The highest BCUT2D eigenvalue weighted by molar-refractivity contribution is 5.26. The summed E-state index contributed by atoms with van der Waals surface area (Å²) in [5, 5.41) is 0. The van der Waals surface area contributed by atoms with Crippen LogP contribution in [0, 0.1) is 11.3 Å². The molecule has 0 aromatic carbocycles. The van der Waals surface area contributed by atoms with Crippen LogP contribution in [0.5, 0.6) is 0 Å². The zero-order valence-corrected chi connectivity index (χ0v) is 9.89. The van der Waals surface area contributed by atoms with E-state index in [9.17, 15) is 0 Å². The van der Waals surface area contributed by atoms with Crippen molar-refractivity contribution in [2.24, 2.45) is 11.3 Å². The first-order valence-electron chi connectivity index (χ1n) is 5.38. The number of rotatable bonds is 2. The van der Waals surface area contributed by atoms with Gasteiger partial charge in [-0.2, -0.15) is 0 Å². The fraction of sp³-hybridized carbons (Fsp3) is 0.692. The van der Waals surface area contributed by atoms with Crippen LogP contribution in [-0.4, -0.2) is 13.2 Å². The third kappa shape index (κ3) is 2.48. The molecule has 1 heteroatoms. The maximum Gasteiger partial charge on any atom is 0.0683 e. The molecule has 1 aliphatic rings. The first-order chi connectivity index (χ1) is 6.46. The molecular weight excluding hydrogens is 172 g/mol. The van der Waals surface area contributed by atoms with Gasteiger partial charge in [0, 0.05) is 5.92 Å². The molecule has 0 saturated carbocycles. The van der Waals surface area contributed by atoms with Gasteiger partial charge in [0.2, 0.25) is 0 Å². The molecule has 1 aliphatic heterocycles. The minimum absolute atomic E-state index is 0.265. The van der Waals surface area contributed by atoms with Crippen molar-refractivity contribution < 1.29 is 4.74 Å². The quantitative estimate of drug-likeness (QED) is 0.611. The molecule has 80 valence electrons. The van der Waals surface area contributed by atoms with Crippen molar-refractivity contribution in [1.82, 2.24) is 0 Å². The van der Waals surface area contributed by atoms with Crippen molar-refractivity contribution in [3.8, 4) is 0 Å². The lowest BCUT2D eigenvalue weighted by atomic mass is 9.75. The number of ether oxygens (including phenoxy) is 1. The first-order valence-corrected chi connectivity index (χ1v) is 5.38. The van der Waals surface area contributed by atoms with Crippen molar-refractivity contribution >= 4 is 0 Å². The van der Waals surface area contributed by atoms with Crippen LogP contribution < -0.4 is 0 Å². The predicted octanol–water partition coefficient (Wildman–Crippen LogP) is 3.57. The van der Waals surface area contributed by atoms with Gasteiger partial charge in [-0.1, -0.05) is 39.3 Å². The molecule has 0 N–H and O–H groups in total. The third-order valence-corrected chi connectivity index (χ3v) is 2.72. The van der Waals surface area contributed by atoms with E-state index in [0.29, 0.717) is 5.92 Å². The maximum atomic E-state index is 5.57. The standard InChI is InChI=1S/C13H22O/c1-6-7-11-9-14-8-10(2)12(11)13(3,4)5/h6,10H,1,7-9H2,2-5H3. The Morgan fingerprint density at radius 2 is 2.14 bits per heavy atom. The lowest BCUT2D eigenvalue weighted by Crippen LogP contribution is -2.27. The highest BCUT2D eigenvalue weighted by atomic mass is 16.5. The van der Waals surface area contributed by atoms with Gasteiger partial charge in [0.05, 0.1) is 13.2 Å². The Balaban J connectivity index is 3.03. The normalized spacial score (nSPS) is 23.9. The van der Waals surface area contributed by atoms with E-state index in [2.05, 4.69) is 34.3 Å². The molecule has 0 fully saturated rings. The van der Waals surface area contributed by atoms with Gasteiger partial charge >= 0.3 is 0 Å². The van der Waals surface area contributed by atoms with Gasteiger partial charge in [0.15, 0.2) is 0 Å². The molecule has 0 aromatic rings. The van der Waals surface area contributed by atoms with E-state index in [1.54, 1.807) is 5.57 Å². The molecule has 1 atom stereocenters. The Morgan fingerprint density at radius 3 is 2.64 bits per heavy atom. The number of hydrogen-bond donors (Lipinski definition) is 0. The fourth-order valence-electron chi connectivity index (χ4n) is 2.48. The van der Waals surface area contributed by atoms with Crippen LogP contribution in [0.25, 0.3) is 0 Å². The van der Waals surface area contributed by atoms with Gasteiger partial charge in [0.25, 0.3) is 0 Å². The van der Waals surface area contributed by atoms with E-state index in [-0.39, 0.29) is 5.41 Å². The average molecular weight is 194 g/mol. The Hall–Kier alpha value is -0.560. The van der Waals surface area contributed by atoms with Crippen LogP contribution in [-0.2, 0) is 4.74 Å². The lowest BCUT2D eigenvalue weighted by Gasteiger charge is -2.35. The lowest BCUT2D eigenvalue weighted by molar-refractivity contribution is 0.106. The Bertz CT molecular complexity index is 242. The Labute approximate surface area is 87.8 Å². The molecule has 0 spiro atoms. The molecule has 1 unspecified atom stereocenters. The summed E-state index contributed by atoms with van der Waals surface area (Å²) < 4.78 is 5.57. The summed E-state index contributed by atoms with van der Waals surface area (Å²) in [7, 11) is 0. The van der Waals surface area contributed by atoms with Gasteiger partial charge in [-0.05, 0) is 17.4 Å². The van der Waals surface area contributed by atoms with Crippen LogP contribution in [0.15, 0.2) is 23.8 Å². The molecular formula is C13H22O. The van der Waals surface area contributed by atoms with Gasteiger partial charge < -0.3 is 4.74 Å². The molecule has 0 amide bonds. The summed E-state index contributed by atoms with van der Waals surface area (Å²) in [6.45, 7) is 14.6. The first kappa shape index (κ1) is 11.5. The fourth-order valence-corrected chi connectivity index (χ4v) is 2.48. The smallest absolute Gasteiger partial charge is 0.0683 e. The average Bonchev–Trinajstić information content (AvgIpc) is 2.02. The largest absolute Gasteiger partial charge is 0.376 e.